The Bertz CT molecular complexity index is 109. The first-order chi connectivity index (χ1) is 4.29. The standard InChI is InChI=1S/C7H12O2/c1-6-2-3-9-5-7(8)4-6/h6H,2-5H2,1H3. The lowest BCUT2D eigenvalue weighted by molar-refractivity contribution is -0.122. The molecule has 1 aliphatic rings. The quantitative estimate of drug-likeness (QED) is 0.486. The van der Waals surface area contributed by atoms with Crippen LogP contribution in [0, 0.1) is 5.92 Å². The SMILES string of the molecule is CC1CCOCC(=O)C1. The lowest BCUT2D eigenvalue weighted by atomic mass is 10.0. The van der Waals surface area contributed by atoms with Gasteiger partial charge in [-0.1, -0.05) is 6.92 Å². The third kappa shape index (κ3) is 2.14. The van der Waals surface area contributed by atoms with E-state index in [0.717, 1.165) is 13.0 Å². The molecule has 1 saturated heterocycles. The summed E-state index contributed by atoms with van der Waals surface area (Å²) in [6, 6.07) is 0. The van der Waals surface area contributed by atoms with Gasteiger partial charge in [0.1, 0.15) is 6.61 Å². The highest BCUT2D eigenvalue weighted by Gasteiger charge is 2.12. The molecule has 0 aliphatic carbocycles. The van der Waals surface area contributed by atoms with Crippen LogP contribution in [0.3, 0.4) is 0 Å². The van der Waals surface area contributed by atoms with Gasteiger partial charge in [-0.3, -0.25) is 4.79 Å². The molecule has 0 radical (unpaired) electrons. The molecule has 1 rings (SSSR count). The molecule has 1 aliphatic heterocycles. The molecule has 1 atom stereocenters. The number of Topliss-reactive ketones (excluding diaryl/α,β-unsaturated/α-hetero) is 1. The Kier molecular flexibility index (Phi) is 2.22. The fraction of sp³-hybridized carbons (Fsp3) is 0.857. The van der Waals surface area contributed by atoms with Crippen LogP contribution >= 0.6 is 0 Å². The monoisotopic (exact) mass is 128 g/mol. The Hall–Kier alpha value is -0.370. The maximum absolute atomic E-state index is 10.8. The third-order valence-corrected chi connectivity index (χ3v) is 1.59. The largest absolute Gasteiger partial charge is 0.374 e. The second-order valence-corrected chi connectivity index (χ2v) is 2.69. The number of hydrogen-bond acceptors (Lipinski definition) is 2. The molecular formula is C7H12O2. The Morgan fingerprint density at radius 2 is 2.44 bits per heavy atom. The van der Waals surface area contributed by atoms with Crippen molar-refractivity contribution in [1.82, 2.24) is 0 Å². The van der Waals surface area contributed by atoms with Crippen LogP contribution in [0.4, 0.5) is 0 Å². The molecule has 0 saturated carbocycles. The van der Waals surface area contributed by atoms with Crippen LogP contribution in [0.1, 0.15) is 19.8 Å². The molecule has 1 heterocycles. The molecule has 0 amide bonds. The summed E-state index contributed by atoms with van der Waals surface area (Å²) in [5, 5.41) is 0. The molecule has 0 aromatic heterocycles. The molecule has 1 unspecified atom stereocenters. The van der Waals surface area contributed by atoms with Gasteiger partial charge in [-0.15, -0.1) is 0 Å². The van der Waals surface area contributed by atoms with Crippen molar-refractivity contribution >= 4 is 5.78 Å². The zero-order valence-corrected chi connectivity index (χ0v) is 5.72. The van der Waals surface area contributed by atoms with Crippen molar-refractivity contribution < 1.29 is 9.53 Å². The van der Waals surface area contributed by atoms with Gasteiger partial charge in [0, 0.05) is 13.0 Å². The molecule has 0 aromatic carbocycles. The fourth-order valence-corrected chi connectivity index (χ4v) is 1.02. The second-order valence-electron chi connectivity index (χ2n) is 2.69. The van der Waals surface area contributed by atoms with Crippen molar-refractivity contribution in [3.05, 3.63) is 0 Å². The van der Waals surface area contributed by atoms with Crippen molar-refractivity contribution in [3.8, 4) is 0 Å². The predicted molar refractivity (Wildman–Crippen MR) is 34.2 cm³/mol. The van der Waals surface area contributed by atoms with Crippen LogP contribution in [0.25, 0.3) is 0 Å². The minimum absolute atomic E-state index is 0.250. The first kappa shape index (κ1) is 6.75. The van der Waals surface area contributed by atoms with Gasteiger partial charge in [0.15, 0.2) is 5.78 Å². The molecule has 0 N–H and O–H groups in total. The number of carbonyl (C=O) groups excluding carboxylic acids is 1. The third-order valence-electron chi connectivity index (χ3n) is 1.59. The summed E-state index contributed by atoms with van der Waals surface area (Å²) in [6.45, 7) is 3.18. The van der Waals surface area contributed by atoms with Crippen molar-refractivity contribution in [1.29, 1.82) is 0 Å². The van der Waals surface area contributed by atoms with Gasteiger partial charge in [0.25, 0.3) is 0 Å². The second kappa shape index (κ2) is 2.97. The van der Waals surface area contributed by atoms with E-state index in [1.165, 1.54) is 0 Å². The lowest BCUT2D eigenvalue weighted by Crippen LogP contribution is -2.05. The van der Waals surface area contributed by atoms with Gasteiger partial charge >= 0.3 is 0 Å². The van der Waals surface area contributed by atoms with E-state index in [1.54, 1.807) is 0 Å². The Morgan fingerprint density at radius 3 is 3.22 bits per heavy atom. The first-order valence-electron chi connectivity index (χ1n) is 3.38. The molecule has 2 heteroatoms. The van der Waals surface area contributed by atoms with Crippen molar-refractivity contribution in [3.63, 3.8) is 0 Å². The average molecular weight is 128 g/mol. The Morgan fingerprint density at radius 1 is 1.67 bits per heavy atom. The van der Waals surface area contributed by atoms with E-state index in [2.05, 4.69) is 6.92 Å². The van der Waals surface area contributed by atoms with E-state index >= 15 is 0 Å². The van der Waals surface area contributed by atoms with E-state index in [4.69, 9.17) is 4.74 Å². The molecular weight excluding hydrogens is 116 g/mol. The van der Waals surface area contributed by atoms with Crippen LogP contribution < -0.4 is 0 Å². The number of hydrogen-bond donors (Lipinski definition) is 0. The minimum atomic E-state index is 0.250. The van der Waals surface area contributed by atoms with Gasteiger partial charge in [-0.2, -0.15) is 0 Å². The van der Waals surface area contributed by atoms with Crippen LogP contribution in [-0.4, -0.2) is 19.0 Å². The zero-order valence-electron chi connectivity index (χ0n) is 5.72. The van der Waals surface area contributed by atoms with Crippen molar-refractivity contribution in [2.75, 3.05) is 13.2 Å². The molecule has 0 aromatic rings. The van der Waals surface area contributed by atoms with Crippen LogP contribution in [0.15, 0.2) is 0 Å². The highest BCUT2D eigenvalue weighted by atomic mass is 16.5. The van der Waals surface area contributed by atoms with Crippen LogP contribution in [0.5, 0.6) is 0 Å². The predicted octanol–water partition coefficient (Wildman–Crippen LogP) is 1.00. The summed E-state index contributed by atoms with van der Waals surface area (Å²) < 4.78 is 5.03. The highest BCUT2D eigenvalue weighted by Crippen LogP contribution is 2.11. The van der Waals surface area contributed by atoms with Gasteiger partial charge in [0.2, 0.25) is 0 Å². The van der Waals surface area contributed by atoms with Gasteiger partial charge in [-0.05, 0) is 12.3 Å². The maximum atomic E-state index is 10.8. The summed E-state index contributed by atoms with van der Waals surface area (Å²) in [5.74, 6) is 0.778. The highest BCUT2D eigenvalue weighted by molar-refractivity contribution is 5.79. The van der Waals surface area contributed by atoms with Gasteiger partial charge < -0.3 is 4.74 Å². The molecule has 1 fully saturated rings. The fourth-order valence-electron chi connectivity index (χ4n) is 1.02. The summed E-state index contributed by atoms with van der Waals surface area (Å²) >= 11 is 0. The van der Waals surface area contributed by atoms with E-state index in [0.29, 0.717) is 18.9 Å². The molecule has 9 heavy (non-hydrogen) atoms. The summed E-state index contributed by atoms with van der Waals surface area (Å²) in [6.07, 6.45) is 1.74. The minimum Gasteiger partial charge on any atom is -0.374 e. The van der Waals surface area contributed by atoms with Crippen LogP contribution in [0.2, 0.25) is 0 Å². The summed E-state index contributed by atoms with van der Waals surface area (Å²) in [4.78, 5) is 10.8. The van der Waals surface area contributed by atoms with E-state index in [9.17, 15) is 4.79 Å². The van der Waals surface area contributed by atoms with Crippen LogP contribution in [-0.2, 0) is 9.53 Å². The normalized spacial score (nSPS) is 29.9. The Balaban J connectivity index is 2.37. The van der Waals surface area contributed by atoms with E-state index in [1.807, 2.05) is 0 Å². The van der Waals surface area contributed by atoms with Gasteiger partial charge in [-0.25, -0.2) is 0 Å². The Labute approximate surface area is 55.2 Å². The van der Waals surface area contributed by atoms with E-state index in [-0.39, 0.29) is 5.78 Å². The maximum Gasteiger partial charge on any atom is 0.158 e. The van der Waals surface area contributed by atoms with Crippen molar-refractivity contribution in [2.24, 2.45) is 5.92 Å². The molecule has 0 spiro atoms. The molecule has 2 nitrogen and oxygen atoms in total. The van der Waals surface area contributed by atoms with E-state index < -0.39 is 0 Å². The summed E-state index contributed by atoms with van der Waals surface area (Å²) in [5.41, 5.74) is 0. The zero-order chi connectivity index (χ0) is 6.69. The number of ketones is 1. The number of rotatable bonds is 0. The van der Waals surface area contributed by atoms with Gasteiger partial charge in [0.05, 0.1) is 0 Å². The number of ether oxygens (including phenoxy) is 1. The smallest absolute Gasteiger partial charge is 0.158 e. The molecule has 52 valence electrons. The topological polar surface area (TPSA) is 26.3 Å². The number of carbonyl (C=O) groups is 1. The lowest BCUT2D eigenvalue weighted by Gasteiger charge is -2.00. The average Bonchev–Trinajstić information content (AvgIpc) is 1.93. The summed E-state index contributed by atoms with van der Waals surface area (Å²) in [7, 11) is 0. The van der Waals surface area contributed by atoms with Crippen molar-refractivity contribution in [2.45, 2.75) is 19.8 Å². The molecule has 0 bridgehead atoms. The first-order valence-corrected chi connectivity index (χ1v) is 3.38.